The van der Waals surface area contributed by atoms with Crippen LogP contribution < -0.4 is 0 Å². The molecule has 2 rings (SSSR count). The van der Waals surface area contributed by atoms with Crippen LogP contribution in [-0.2, 0) is 14.1 Å². The van der Waals surface area contributed by atoms with Gasteiger partial charge >= 0.3 is 0 Å². The highest BCUT2D eigenvalue weighted by atomic mass is 16.1. The number of aryl methyl sites for hydroxylation is 4. The molecule has 4 heteroatoms. The van der Waals surface area contributed by atoms with Gasteiger partial charge in [-0.1, -0.05) is 49.0 Å². The lowest BCUT2D eigenvalue weighted by atomic mass is 9.87. The Labute approximate surface area is 165 Å². The summed E-state index contributed by atoms with van der Waals surface area (Å²) in [6, 6.07) is 3.88. The van der Waals surface area contributed by atoms with Crippen LogP contribution in [0.4, 0.5) is 0 Å². The lowest BCUT2D eigenvalue weighted by Gasteiger charge is -2.14. The highest BCUT2D eigenvalue weighted by Crippen LogP contribution is 2.22. The fraction of sp³-hybridized carbons (Fsp3) is 0.565. The molecule has 0 unspecified atom stereocenters. The van der Waals surface area contributed by atoms with E-state index in [4.69, 9.17) is 0 Å². The number of ketones is 2. The summed E-state index contributed by atoms with van der Waals surface area (Å²) in [6.45, 7) is 15.7. The van der Waals surface area contributed by atoms with Crippen LogP contribution in [0, 0.1) is 24.7 Å². The Balaban J connectivity index is 0.000000483. The molecular weight excluding hydrogens is 336 g/mol. The molecule has 0 saturated carbocycles. The van der Waals surface area contributed by atoms with E-state index in [0.717, 1.165) is 22.5 Å². The third-order valence-electron chi connectivity index (χ3n) is 4.39. The van der Waals surface area contributed by atoms with E-state index in [9.17, 15) is 9.59 Å². The Kier molecular flexibility index (Phi) is 8.05. The first-order valence-corrected chi connectivity index (χ1v) is 9.00. The predicted molar refractivity (Wildman–Crippen MR) is 115 cm³/mol. The third-order valence-corrected chi connectivity index (χ3v) is 4.39. The molecule has 2 aromatic heterocycles. The molecule has 2 heterocycles. The van der Waals surface area contributed by atoms with Gasteiger partial charge in [-0.05, 0) is 26.0 Å². The Morgan fingerprint density at radius 3 is 1.11 bits per heavy atom. The largest absolute Gasteiger partial charge is 0.354 e. The van der Waals surface area contributed by atoms with Crippen LogP contribution in [0.25, 0.3) is 0 Å². The summed E-state index contributed by atoms with van der Waals surface area (Å²) < 4.78 is 3.94. The molecule has 152 valence electrons. The quantitative estimate of drug-likeness (QED) is 0.627. The first-order chi connectivity index (χ1) is 11.6. The van der Waals surface area contributed by atoms with Crippen molar-refractivity contribution in [3.05, 3.63) is 47.0 Å². The zero-order valence-electron chi connectivity index (χ0n) is 18.0. The normalized spacial score (nSPS) is 11.3. The van der Waals surface area contributed by atoms with Crippen LogP contribution in [0.1, 0.15) is 81.1 Å². The zero-order valence-corrected chi connectivity index (χ0v) is 18.0. The van der Waals surface area contributed by atoms with E-state index in [-0.39, 0.29) is 29.8 Å². The van der Waals surface area contributed by atoms with Gasteiger partial charge in [0.1, 0.15) is 0 Å². The number of hydrogen-bond acceptors (Lipinski definition) is 2. The number of nitrogens with zero attached hydrogens (tertiary/aromatic N) is 2. The molecule has 0 atom stereocenters. The van der Waals surface area contributed by atoms with Crippen molar-refractivity contribution in [2.45, 2.75) is 62.8 Å². The Bertz CT molecular complexity index is 686. The summed E-state index contributed by atoms with van der Waals surface area (Å²) >= 11 is 0. The molecule has 0 amide bonds. The number of Topliss-reactive ketones (excluding diaryl/α,β-unsaturated/α-hetero) is 2. The summed E-state index contributed by atoms with van der Waals surface area (Å²) in [4.78, 5) is 23.6. The van der Waals surface area contributed by atoms with Crippen molar-refractivity contribution < 1.29 is 9.59 Å². The van der Waals surface area contributed by atoms with Gasteiger partial charge in [0.2, 0.25) is 0 Å². The molecule has 0 fully saturated rings. The Morgan fingerprint density at radius 2 is 0.963 bits per heavy atom. The van der Waals surface area contributed by atoms with E-state index >= 15 is 0 Å². The number of rotatable bonds is 2. The minimum Gasteiger partial charge on any atom is -0.354 e. The second-order valence-corrected chi connectivity index (χ2v) is 9.12. The van der Waals surface area contributed by atoms with Gasteiger partial charge in [0, 0.05) is 59.8 Å². The minimum absolute atomic E-state index is 0. The maximum absolute atomic E-state index is 11.8. The zero-order chi connectivity index (χ0) is 20.4. The topological polar surface area (TPSA) is 44.0 Å². The van der Waals surface area contributed by atoms with Crippen molar-refractivity contribution in [3.63, 3.8) is 0 Å². The van der Waals surface area contributed by atoms with Gasteiger partial charge in [-0.2, -0.15) is 0 Å². The lowest BCUT2D eigenvalue weighted by Crippen LogP contribution is -2.19. The average Bonchev–Trinajstić information content (AvgIpc) is 2.99. The van der Waals surface area contributed by atoms with Crippen LogP contribution >= 0.6 is 0 Å². The molecule has 0 spiro atoms. The molecule has 0 radical (unpaired) electrons. The Hall–Kier alpha value is -2.10. The molecule has 0 saturated heterocycles. The van der Waals surface area contributed by atoms with E-state index < -0.39 is 0 Å². The smallest absolute Gasteiger partial charge is 0.169 e. The molecule has 0 bridgehead atoms. The number of aromatic nitrogens is 2. The molecule has 4 nitrogen and oxygen atoms in total. The van der Waals surface area contributed by atoms with Crippen molar-refractivity contribution in [2.24, 2.45) is 24.9 Å². The van der Waals surface area contributed by atoms with Crippen molar-refractivity contribution in [3.8, 4) is 0 Å². The SMILES string of the molecule is C.Cc1cc(C(=O)C(C)(C)C)cn1C.Cc1cc(C(=O)C(C)(C)C)cn1C. The van der Waals surface area contributed by atoms with Gasteiger partial charge in [0.15, 0.2) is 11.6 Å². The van der Waals surface area contributed by atoms with Crippen LogP contribution in [0.3, 0.4) is 0 Å². The van der Waals surface area contributed by atoms with Crippen LogP contribution in [0.15, 0.2) is 24.5 Å². The Morgan fingerprint density at radius 1 is 0.704 bits per heavy atom. The summed E-state index contributed by atoms with van der Waals surface area (Å²) in [6.07, 6.45) is 3.78. The van der Waals surface area contributed by atoms with E-state index in [2.05, 4.69) is 0 Å². The first-order valence-electron chi connectivity index (χ1n) is 9.00. The van der Waals surface area contributed by atoms with Gasteiger partial charge in [-0.3, -0.25) is 9.59 Å². The third kappa shape index (κ3) is 6.53. The van der Waals surface area contributed by atoms with Crippen molar-refractivity contribution in [2.75, 3.05) is 0 Å². The molecule has 27 heavy (non-hydrogen) atoms. The summed E-state index contributed by atoms with van der Waals surface area (Å²) in [5.74, 6) is 0.410. The minimum atomic E-state index is -0.284. The highest BCUT2D eigenvalue weighted by Gasteiger charge is 2.24. The van der Waals surface area contributed by atoms with Crippen molar-refractivity contribution in [1.82, 2.24) is 9.13 Å². The maximum Gasteiger partial charge on any atom is 0.169 e. The van der Waals surface area contributed by atoms with E-state index in [1.54, 1.807) is 0 Å². The molecule has 0 aliphatic heterocycles. The molecular formula is C23H38N2O2. The molecule has 2 aromatic rings. The molecule has 0 aliphatic carbocycles. The second kappa shape index (κ2) is 8.73. The van der Waals surface area contributed by atoms with Crippen LogP contribution in [0.5, 0.6) is 0 Å². The van der Waals surface area contributed by atoms with Crippen LogP contribution in [-0.4, -0.2) is 20.7 Å². The number of hydrogen-bond donors (Lipinski definition) is 0. The van der Waals surface area contributed by atoms with Gasteiger partial charge in [0.05, 0.1) is 0 Å². The summed E-state index contributed by atoms with van der Waals surface area (Å²) in [5.41, 5.74) is 3.29. The molecule has 0 N–H and O–H groups in total. The van der Waals surface area contributed by atoms with Gasteiger partial charge in [-0.15, -0.1) is 0 Å². The monoisotopic (exact) mass is 374 g/mol. The van der Waals surface area contributed by atoms with Crippen LogP contribution in [0.2, 0.25) is 0 Å². The average molecular weight is 375 g/mol. The van der Waals surface area contributed by atoms with Gasteiger partial charge in [-0.25, -0.2) is 0 Å². The fourth-order valence-electron chi connectivity index (χ4n) is 2.46. The molecule has 0 aliphatic rings. The number of carbonyl (C=O) groups is 2. The first kappa shape index (κ1) is 24.9. The molecule has 0 aromatic carbocycles. The lowest BCUT2D eigenvalue weighted by molar-refractivity contribution is 0.0852. The van der Waals surface area contributed by atoms with Gasteiger partial charge in [0.25, 0.3) is 0 Å². The van der Waals surface area contributed by atoms with Crippen molar-refractivity contribution in [1.29, 1.82) is 0 Å². The van der Waals surface area contributed by atoms with E-state index in [1.807, 2.05) is 103 Å². The predicted octanol–water partition coefficient (Wildman–Crippen LogP) is 5.76. The fourth-order valence-corrected chi connectivity index (χ4v) is 2.46. The van der Waals surface area contributed by atoms with Gasteiger partial charge < -0.3 is 9.13 Å². The van der Waals surface area contributed by atoms with E-state index in [1.165, 1.54) is 0 Å². The number of carbonyl (C=O) groups excluding carboxylic acids is 2. The summed E-state index contributed by atoms with van der Waals surface area (Å²) in [5, 5.41) is 0. The second-order valence-electron chi connectivity index (χ2n) is 9.12. The van der Waals surface area contributed by atoms with Crippen molar-refractivity contribution >= 4 is 11.6 Å². The van der Waals surface area contributed by atoms with E-state index in [0.29, 0.717) is 0 Å². The highest BCUT2D eigenvalue weighted by molar-refractivity contribution is 6.00. The summed E-state index contributed by atoms with van der Waals surface area (Å²) in [7, 11) is 3.91. The standard InChI is InChI=1S/2C11H17NO.CH4/c2*1-8-6-9(7-12(8)5)10(13)11(2,3)4;/h2*6-7H,1-5H3;1H4. The maximum atomic E-state index is 11.8.